The number of aromatic amines is 1. The predicted molar refractivity (Wildman–Crippen MR) is 121 cm³/mol. The molecule has 0 aliphatic carbocycles. The molecule has 1 N–H and O–H groups in total. The smallest absolute Gasteiger partial charge is 0.258 e. The number of rotatable bonds is 7. The van der Waals surface area contributed by atoms with Crippen LogP contribution in [0.2, 0.25) is 0 Å². The average molecular weight is 419 g/mol. The van der Waals surface area contributed by atoms with Gasteiger partial charge in [0.2, 0.25) is 0 Å². The molecule has 0 atom stereocenters. The van der Waals surface area contributed by atoms with E-state index >= 15 is 0 Å². The molecule has 4 aromatic rings. The van der Waals surface area contributed by atoms with Crippen molar-refractivity contribution < 1.29 is 14.2 Å². The van der Waals surface area contributed by atoms with E-state index in [1.165, 1.54) is 12.7 Å². The van der Waals surface area contributed by atoms with Crippen molar-refractivity contribution in [2.24, 2.45) is 0 Å². The second kappa shape index (κ2) is 8.65. The molecule has 0 aliphatic rings. The lowest BCUT2D eigenvalue weighted by atomic mass is 10.1. The Balaban J connectivity index is 1.55. The summed E-state index contributed by atoms with van der Waals surface area (Å²) in [5, 5.41) is 2.76. The zero-order valence-corrected chi connectivity index (χ0v) is 18.1. The molecule has 0 bridgehead atoms. The summed E-state index contributed by atoms with van der Waals surface area (Å²) in [6.07, 6.45) is 0. The Hall–Kier alpha value is -3.58. The fraction of sp³-hybridized carbons (Fsp3) is 0.250. The number of fused-ring (bicyclic) bond motifs is 2. The van der Waals surface area contributed by atoms with Gasteiger partial charge in [0.1, 0.15) is 11.6 Å². The molecular weight excluding hydrogens is 394 g/mol. The van der Waals surface area contributed by atoms with Crippen molar-refractivity contribution in [1.29, 1.82) is 0 Å². The van der Waals surface area contributed by atoms with Crippen molar-refractivity contribution in [3.8, 4) is 17.2 Å². The summed E-state index contributed by atoms with van der Waals surface area (Å²) < 4.78 is 15.9. The van der Waals surface area contributed by atoms with Crippen LogP contribution in [0, 0.1) is 0 Å². The van der Waals surface area contributed by atoms with E-state index in [9.17, 15) is 4.79 Å². The summed E-state index contributed by atoms with van der Waals surface area (Å²) >= 11 is 0. The Bertz CT molecular complexity index is 1300. The van der Waals surface area contributed by atoms with Crippen molar-refractivity contribution in [1.82, 2.24) is 14.9 Å². The lowest BCUT2D eigenvalue weighted by Crippen LogP contribution is -2.22. The molecule has 0 aliphatic heterocycles. The zero-order chi connectivity index (χ0) is 22.0. The molecule has 0 saturated carbocycles. The first-order valence-corrected chi connectivity index (χ1v) is 9.91. The Kier molecular flexibility index (Phi) is 5.77. The molecule has 0 unspecified atom stereocenters. The summed E-state index contributed by atoms with van der Waals surface area (Å²) in [5.74, 6) is 2.48. The third kappa shape index (κ3) is 4.32. The fourth-order valence-corrected chi connectivity index (χ4v) is 3.71. The molecule has 7 heteroatoms. The van der Waals surface area contributed by atoms with E-state index in [1.807, 2.05) is 19.2 Å². The van der Waals surface area contributed by atoms with Crippen molar-refractivity contribution in [2.75, 3.05) is 28.4 Å². The fourth-order valence-electron chi connectivity index (χ4n) is 3.71. The summed E-state index contributed by atoms with van der Waals surface area (Å²) in [5.41, 5.74) is 1.55. The number of ether oxygens (including phenoxy) is 3. The van der Waals surface area contributed by atoms with E-state index in [-0.39, 0.29) is 5.56 Å². The topological polar surface area (TPSA) is 76.7 Å². The van der Waals surface area contributed by atoms with Crippen LogP contribution in [-0.2, 0) is 13.1 Å². The third-order valence-electron chi connectivity index (χ3n) is 5.24. The van der Waals surface area contributed by atoms with Crippen LogP contribution in [-0.4, -0.2) is 43.2 Å². The number of methoxy groups -OCH3 is 3. The highest BCUT2D eigenvalue weighted by Crippen LogP contribution is 2.30. The number of H-pyrrole nitrogens is 1. The summed E-state index contributed by atoms with van der Waals surface area (Å²) in [6.45, 7) is 1.22. The number of aromatic nitrogens is 2. The van der Waals surface area contributed by atoms with Gasteiger partial charge in [-0.15, -0.1) is 0 Å². The van der Waals surface area contributed by atoms with Crippen LogP contribution in [0.3, 0.4) is 0 Å². The number of benzene rings is 3. The Morgan fingerprint density at radius 2 is 1.58 bits per heavy atom. The number of hydrogen-bond donors (Lipinski definition) is 1. The van der Waals surface area contributed by atoms with Gasteiger partial charge >= 0.3 is 0 Å². The maximum absolute atomic E-state index is 12.6. The first-order valence-electron chi connectivity index (χ1n) is 9.91. The van der Waals surface area contributed by atoms with Gasteiger partial charge in [-0.3, -0.25) is 9.69 Å². The standard InChI is InChI=1S/C24H25N3O4/c1-27(13-15-5-6-17-10-18(29-2)8-7-16(17)9-15)14-23-25-20-12-22(31-4)21(30-3)11-19(20)24(28)26-23/h5-12H,13-14H2,1-4H3,(H,25,26,28). The Labute approximate surface area is 180 Å². The minimum absolute atomic E-state index is 0.200. The van der Waals surface area contributed by atoms with Crippen molar-refractivity contribution in [3.05, 3.63) is 70.3 Å². The van der Waals surface area contributed by atoms with Gasteiger partial charge in [0.15, 0.2) is 11.5 Å². The van der Waals surface area contributed by atoms with Crippen molar-refractivity contribution >= 4 is 21.7 Å². The third-order valence-corrected chi connectivity index (χ3v) is 5.24. The summed E-state index contributed by atoms with van der Waals surface area (Å²) in [6, 6.07) is 15.8. The summed E-state index contributed by atoms with van der Waals surface area (Å²) in [4.78, 5) is 22.2. The van der Waals surface area contributed by atoms with Crippen LogP contribution in [0.25, 0.3) is 21.7 Å². The van der Waals surface area contributed by atoms with Crippen molar-refractivity contribution in [3.63, 3.8) is 0 Å². The van der Waals surface area contributed by atoms with Crippen LogP contribution in [0.15, 0.2) is 53.3 Å². The highest BCUT2D eigenvalue weighted by atomic mass is 16.5. The van der Waals surface area contributed by atoms with Crippen LogP contribution in [0.5, 0.6) is 17.2 Å². The second-order valence-corrected chi connectivity index (χ2v) is 7.46. The first kappa shape index (κ1) is 20.7. The molecule has 31 heavy (non-hydrogen) atoms. The van der Waals surface area contributed by atoms with E-state index in [0.717, 1.165) is 23.1 Å². The molecule has 3 aromatic carbocycles. The van der Waals surface area contributed by atoms with Gasteiger partial charge in [-0.25, -0.2) is 4.98 Å². The first-order chi connectivity index (χ1) is 15.0. The SMILES string of the molecule is COc1ccc2cc(CN(C)Cc3nc4cc(OC)c(OC)cc4c(=O)[nH]3)ccc2c1. The van der Waals surface area contributed by atoms with E-state index in [4.69, 9.17) is 14.2 Å². The van der Waals surface area contributed by atoms with Crippen LogP contribution >= 0.6 is 0 Å². The minimum atomic E-state index is -0.200. The molecule has 0 saturated heterocycles. The Morgan fingerprint density at radius 1 is 0.871 bits per heavy atom. The molecule has 1 aromatic heterocycles. The van der Waals surface area contributed by atoms with Gasteiger partial charge in [0.05, 0.1) is 38.8 Å². The lowest BCUT2D eigenvalue weighted by Gasteiger charge is -2.17. The number of hydrogen-bond acceptors (Lipinski definition) is 6. The zero-order valence-electron chi connectivity index (χ0n) is 18.1. The monoisotopic (exact) mass is 419 g/mol. The van der Waals surface area contributed by atoms with E-state index < -0.39 is 0 Å². The highest BCUT2D eigenvalue weighted by Gasteiger charge is 2.12. The van der Waals surface area contributed by atoms with Gasteiger partial charge in [-0.1, -0.05) is 18.2 Å². The quantitative estimate of drug-likeness (QED) is 0.492. The van der Waals surface area contributed by atoms with Crippen LogP contribution < -0.4 is 19.8 Å². The second-order valence-electron chi connectivity index (χ2n) is 7.46. The number of nitrogens with zero attached hydrogens (tertiary/aromatic N) is 2. The Morgan fingerprint density at radius 3 is 2.32 bits per heavy atom. The van der Waals surface area contributed by atoms with Gasteiger partial charge < -0.3 is 19.2 Å². The normalized spacial score (nSPS) is 11.3. The van der Waals surface area contributed by atoms with E-state index in [0.29, 0.717) is 34.8 Å². The van der Waals surface area contributed by atoms with Gasteiger partial charge in [-0.2, -0.15) is 0 Å². The molecule has 0 spiro atoms. The highest BCUT2D eigenvalue weighted by molar-refractivity contribution is 5.84. The average Bonchev–Trinajstić information content (AvgIpc) is 2.77. The van der Waals surface area contributed by atoms with Gasteiger partial charge in [0, 0.05) is 12.6 Å². The predicted octanol–water partition coefficient (Wildman–Crippen LogP) is 3.73. The molecule has 1 heterocycles. The maximum atomic E-state index is 12.6. The van der Waals surface area contributed by atoms with E-state index in [2.05, 4.69) is 39.1 Å². The molecule has 4 rings (SSSR count). The lowest BCUT2D eigenvalue weighted by molar-refractivity contribution is 0.311. The van der Waals surface area contributed by atoms with E-state index in [1.54, 1.807) is 26.4 Å². The molecule has 7 nitrogen and oxygen atoms in total. The van der Waals surface area contributed by atoms with Gasteiger partial charge in [0.25, 0.3) is 5.56 Å². The largest absolute Gasteiger partial charge is 0.497 e. The molecule has 0 fully saturated rings. The molecule has 0 radical (unpaired) electrons. The van der Waals surface area contributed by atoms with Crippen LogP contribution in [0.1, 0.15) is 11.4 Å². The number of nitrogens with one attached hydrogen (secondary N) is 1. The molecule has 160 valence electrons. The van der Waals surface area contributed by atoms with Crippen molar-refractivity contribution in [2.45, 2.75) is 13.1 Å². The van der Waals surface area contributed by atoms with Crippen LogP contribution in [0.4, 0.5) is 0 Å². The minimum Gasteiger partial charge on any atom is -0.497 e. The maximum Gasteiger partial charge on any atom is 0.258 e. The summed E-state index contributed by atoms with van der Waals surface area (Å²) in [7, 11) is 6.77. The molecule has 0 amide bonds. The molecular formula is C24H25N3O4. The van der Waals surface area contributed by atoms with Gasteiger partial charge in [-0.05, 0) is 47.6 Å².